The molecule has 104 valence electrons. The van der Waals surface area contributed by atoms with Crippen LogP contribution in [0.25, 0.3) is 10.9 Å². The van der Waals surface area contributed by atoms with Crippen molar-refractivity contribution in [2.24, 2.45) is 0 Å². The third kappa shape index (κ3) is 2.91. The summed E-state index contributed by atoms with van der Waals surface area (Å²) in [4.78, 5) is 20.4. The molecule has 0 spiro atoms. The van der Waals surface area contributed by atoms with Crippen LogP contribution in [0.3, 0.4) is 0 Å². The summed E-state index contributed by atoms with van der Waals surface area (Å²) in [6.45, 7) is 0. The van der Waals surface area contributed by atoms with E-state index in [4.69, 9.17) is 5.11 Å². The van der Waals surface area contributed by atoms with E-state index in [-0.39, 0.29) is 5.56 Å². The summed E-state index contributed by atoms with van der Waals surface area (Å²) in [5, 5.41) is 10.8. The molecule has 1 N–H and O–H groups in total. The topological polar surface area (TPSA) is 63.1 Å². The fraction of sp³-hybridized carbons (Fsp3) is 0. The van der Waals surface area contributed by atoms with Gasteiger partial charge in [-0.2, -0.15) is 0 Å². The number of hydrogen-bond acceptors (Lipinski definition) is 4. The van der Waals surface area contributed by atoms with Gasteiger partial charge in [0.2, 0.25) is 0 Å². The lowest BCUT2D eigenvalue weighted by atomic mass is 10.2. The summed E-state index contributed by atoms with van der Waals surface area (Å²) in [7, 11) is 0. The first kappa shape index (κ1) is 14.0. The van der Waals surface area contributed by atoms with Crippen molar-refractivity contribution in [3.8, 4) is 0 Å². The van der Waals surface area contributed by atoms with Crippen molar-refractivity contribution in [3.05, 3.63) is 58.8 Å². The molecule has 21 heavy (non-hydrogen) atoms. The van der Waals surface area contributed by atoms with Gasteiger partial charge in [-0.1, -0.05) is 30.0 Å². The second-order valence-corrected chi connectivity index (χ2v) is 6.13. The molecule has 0 aliphatic heterocycles. The molecule has 3 aromatic rings. The van der Waals surface area contributed by atoms with Crippen molar-refractivity contribution in [2.75, 3.05) is 0 Å². The summed E-state index contributed by atoms with van der Waals surface area (Å²) in [6, 6.07) is 12.7. The Balaban J connectivity index is 2.01. The van der Waals surface area contributed by atoms with Gasteiger partial charge in [0, 0.05) is 14.8 Å². The first-order chi connectivity index (χ1) is 10.1. The third-order valence-corrected chi connectivity index (χ3v) is 4.90. The molecule has 0 radical (unpaired) electrons. The van der Waals surface area contributed by atoms with Crippen molar-refractivity contribution < 1.29 is 9.90 Å². The predicted octanol–water partition coefficient (Wildman–Crippen LogP) is 4.24. The van der Waals surface area contributed by atoms with Gasteiger partial charge in [-0.25, -0.2) is 14.8 Å². The predicted molar refractivity (Wildman–Crippen MR) is 84.8 cm³/mol. The maximum absolute atomic E-state index is 10.9. The van der Waals surface area contributed by atoms with Gasteiger partial charge in [0.1, 0.15) is 11.4 Å². The summed E-state index contributed by atoms with van der Waals surface area (Å²) in [6.07, 6.45) is 1.53. The second-order valence-electron chi connectivity index (χ2n) is 4.25. The number of nitrogens with zero attached hydrogens (tertiary/aromatic N) is 2. The van der Waals surface area contributed by atoms with Crippen LogP contribution in [0.1, 0.15) is 10.4 Å². The summed E-state index contributed by atoms with van der Waals surface area (Å²) in [5.41, 5.74) is 1.13. The van der Waals surface area contributed by atoms with Crippen molar-refractivity contribution in [1.29, 1.82) is 0 Å². The Bertz CT molecular complexity index is 834. The van der Waals surface area contributed by atoms with Crippen molar-refractivity contribution in [2.45, 2.75) is 9.92 Å². The lowest BCUT2D eigenvalue weighted by Gasteiger charge is -2.07. The molecule has 2 aromatic carbocycles. The lowest BCUT2D eigenvalue weighted by Crippen LogP contribution is -1.96. The Hall–Kier alpha value is -1.92. The lowest BCUT2D eigenvalue weighted by molar-refractivity contribution is 0.0696. The number of carboxylic acids is 1. The van der Waals surface area contributed by atoms with Gasteiger partial charge in [-0.15, -0.1) is 0 Å². The number of halogens is 1. The van der Waals surface area contributed by atoms with Crippen molar-refractivity contribution in [3.63, 3.8) is 0 Å². The van der Waals surface area contributed by atoms with Crippen LogP contribution < -0.4 is 0 Å². The minimum Gasteiger partial charge on any atom is -0.478 e. The third-order valence-electron chi connectivity index (χ3n) is 2.89. The monoisotopic (exact) mass is 360 g/mol. The molecule has 6 heteroatoms. The van der Waals surface area contributed by atoms with E-state index in [1.807, 2.05) is 24.3 Å². The molecule has 0 amide bonds. The van der Waals surface area contributed by atoms with Gasteiger partial charge in [-0.05, 0) is 40.2 Å². The zero-order chi connectivity index (χ0) is 14.8. The van der Waals surface area contributed by atoms with Crippen LogP contribution in [0.5, 0.6) is 0 Å². The molecule has 0 aliphatic rings. The van der Waals surface area contributed by atoms with E-state index < -0.39 is 5.97 Å². The largest absolute Gasteiger partial charge is 0.478 e. The number of rotatable bonds is 3. The van der Waals surface area contributed by atoms with Crippen molar-refractivity contribution >= 4 is 44.6 Å². The summed E-state index contributed by atoms with van der Waals surface area (Å²) in [5.74, 6) is -0.945. The number of aromatic nitrogens is 2. The Labute approximate surface area is 133 Å². The number of fused-ring (bicyclic) bond motifs is 1. The average Bonchev–Trinajstić information content (AvgIpc) is 2.49. The highest BCUT2D eigenvalue weighted by Crippen LogP contribution is 2.35. The Morgan fingerprint density at radius 1 is 1.14 bits per heavy atom. The highest BCUT2D eigenvalue weighted by Gasteiger charge is 2.10. The maximum Gasteiger partial charge on any atom is 0.335 e. The fourth-order valence-corrected chi connectivity index (χ4v) is 3.39. The molecular weight excluding hydrogens is 352 g/mol. The average molecular weight is 361 g/mol. The quantitative estimate of drug-likeness (QED) is 0.707. The van der Waals surface area contributed by atoms with Gasteiger partial charge in [-0.3, -0.25) is 0 Å². The molecular formula is C15H9BrN2O2S. The van der Waals surface area contributed by atoms with Crippen LogP contribution in [0.15, 0.2) is 63.2 Å². The summed E-state index contributed by atoms with van der Waals surface area (Å²) >= 11 is 4.88. The zero-order valence-electron chi connectivity index (χ0n) is 10.7. The van der Waals surface area contributed by atoms with Crippen molar-refractivity contribution in [1.82, 2.24) is 9.97 Å². The van der Waals surface area contributed by atoms with Gasteiger partial charge < -0.3 is 5.11 Å². The van der Waals surface area contributed by atoms with Gasteiger partial charge in [0.25, 0.3) is 0 Å². The Kier molecular flexibility index (Phi) is 3.90. The van der Waals surface area contributed by atoms with E-state index >= 15 is 0 Å². The van der Waals surface area contributed by atoms with Crippen LogP contribution in [0.4, 0.5) is 0 Å². The Morgan fingerprint density at radius 2 is 1.95 bits per heavy atom. The number of carboxylic acid groups (broad SMARTS) is 1. The first-order valence-electron chi connectivity index (χ1n) is 6.05. The van der Waals surface area contributed by atoms with Crippen LogP contribution in [0, 0.1) is 0 Å². The number of para-hydroxylation sites is 1. The fourth-order valence-electron chi connectivity index (χ4n) is 1.88. The van der Waals surface area contributed by atoms with Crippen LogP contribution >= 0.6 is 27.7 Å². The minimum absolute atomic E-state index is 0.249. The molecule has 0 bridgehead atoms. The van der Waals surface area contributed by atoms with Crippen LogP contribution in [-0.4, -0.2) is 21.0 Å². The normalized spacial score (nSPS) is 10.7. The first-order valence-corrected chi connectivity index (χ1v) is 7.66. The molecule has 3 rings (SSSR count). The number of aromatic carboxylic acids is 1. The van der Waals surface area contributed by atoms with E-state index in [0.717, 1.165) is 25.3 Å². The van der Waals surface area contributed by atoms with E-state index in [1.165, 1.54) is 18.1 Å². The standard InChI is InChI=1S/C15H9BrN2O2S/c16-11-7-9(15(19)20)5-6-13(11)21-14-10-3-1-2-4-12(10)17-8-18-14/h1-8H,(H,19,20). The molecule has 0 saturated carbocycles. The number of benzene rings is 2. The molecule has 0 fully saturated rings. The van der Waals surface area contributed by atoms with Crippen LogP contribution in [-0.2, 0) is 0 Å². The van der Waals surface area contributed by atoms with E-state index in [9.17, 15) is 4.79 Å². The van der Waals surface area contributed by atoms with Gasteiger partial charge in [0.15, 0.2) is 0 Å². The summed E-state index contributed by atoms with van der Waals surface area (Å²) < 4.78 is 0.732. The SMILES string of the molecule is O=C(O)c1ccc(Sc2ncnc3ccccc23)c(Br)c1. The molecule has 0 aliphatic carbocycles. The zero-order valence-corrected chi connectivity index (χ0v) is 13.1. The van der Waals surface area contributed by atoms with Gasteiger partial charge in [0.05, 0.1) is 11.1 Å². The van der Waals surface area contributed by atoms with E-state index in [0.29, 0.717) is 0 Å². The minimum atomic E-state index is -0.945. The highest BCUT2D eigenvalue weighted by molar-refractivity contribution is 9.10. The molecule has 1 aromatic heterocycles. The smallest absolute Gasteiger partial charge is 0.335 e. The Morgan fingerprint density at radius 3 is 2.71 bits per heavy atom. The molecule has 4 nitrogen and oxygen atoms in total. The molecule has 0 saturated heterocycles. The second kappa shape index (κ2) is 5.83. The molecule has 1 heterocycles. The number of carbonyl (C=O) groups is 1. The maximum atomic E-state index is 10.9. The highest BCUT2D eigenvalue weighted by atomic mass is 79.9. The van der Waals surface area contributed by atoms with E-state index in [2.05, 4.69) is 25.9 Å². The van der Waals surface area contributed by atoms with Crippen LogP contribution in [0.2, 0.25) is 0 Å². The van der Waals surface area contributed by atoms with E-state index in [1.54, 1.807) is 18.2 Å². The van der Waals surface area contributed by atoms with Gasteiger partial charge >= 0.3 is 5.97 Å². The number of hydrogen-bond donors (Lipinski definition) is 1. The molecule has 0 unspecified atom stereocenters. The molecule has 0 atom stereocenters.